The van der Waals surface area contributed by atoms with Crippen molar-refractivity contribution < 1.29 is 19.5 Å². The molecule has 1 aromatic carbocycles. The Balaban J connectivity index is 1.98. The fraction of sp³-hybridized carbons (Fsp3) is 0.471. The van der Waals surface area contributed by atoms with Crippen molar-refractivity contribution in [2.75, 3.05) is 18.4 Å². The molecule has 3 N–H and O–H groups in total. The second-order valence-corrected chi connectivity index (χ2v) is 6.10. The third-order valence-corrected chi connectivity index (χ3v) is 4.10. The minimum atomic E-state index is -0.858. The van der Waals surface area contributed by atoms with Crippen LogP contribution >= 0.6 is 0 Å². The lowest BCUT2D eigenvalue weighted by Crippen LogP contribution is -2.47. The molecule has 3 amide bonds. The molecule has 1 heterocycles. The van der Waals surface area contributed by atoms with Crippen LogP contribution in [0, 0.1) is 5.92 Å². The highest BCUT2D eigenvalue weighted by Gasteiger charge is 2.28. The molecule has 2 rings (SSSR count). The van der Waals surface area contributed by atoms with Gasteiger partial charge in [-0.15, -0.1) is 0 Å². The predicted molar refractivity (Wildman–Crippen MR) is 89.6 cm³/mol. The highest BCUT2D eigenvalue weighted by molar-refractivity contribution is 5.88. The monoisotopic (exact) mass is 333 g/mol. The number of carbonyl (C=O) groups excluding carboxylic acids is 2. The number of hydrogen-bond acceptors (Lipinski definition) is 3. The van der Waals surface area contributed by atoms with Crippen molar-refractivity contribution in [2.24, 2.45) is 5.92 Å². The summed E-state index contributed by atoms with van der Waals surface area (Å²) in [6.07, 6.45) is 1.30. The SMILES string of the molecule is CC(=O)Nc1cccc(C(C)NC(=O)N2CCCC(C(=O)O)C2)c1. The summed E-state index contributed by atoms with van der Waals surface area (Å²) in [5.41, 5.74) is 1.53. The molecule has 0 radical (unpaired) electrons. The Morgan fingerprint density at radius 2 is 2.08 bits per heavy atom. The van der Waals surface area contributed by atoms with E-state index in [1.165, 1.54) is 6.92 Å². The average Bonchev–Trinajstić information content (AvgIpc) is 2.54. The van der Waals surface area contributed by atoms with E-state index in [-0.39, 0.29) is 24.5 Å². The molecule has 2 unspecified atom stereocenters. The van der Waals surface area contributed by atoms with Crippen LogP contribution in [-0.2, 0) is 9.59 Å². The number of carboxylic acid groups (broad SMARTS) is 1. The molecular weight excluding hydrogens is 310 g/mol. The third kappa shape index (κ3) is 4.71. The van der Waals surface area contributed by atoms with Gasteiger partial charge < -0.3 is 20.6 Å². The van der Waals surface area contributed by atoms with Gasteiger partial charge >= 0.3 is 12.0 Å². The maximum Gasteiger partial charge on any atom is 0.317 e. The zero-order chi connectivity index (χ0) is 17.7. The van der Waals surface area contributed by atoms with Crippen LogP contribution in [0.2, 0.25) is 0 Å². The standard InChI is InChI=1S/C17H23N3O4/c1-11(13-5-3-7-15(9-13)19-12(2)21)18-17(24)20-8-4-6-14(10-20)16(22)23/h3,5,7,9,11,14H,4,6,8,10H2,1-2H3,(H,18,24)(H,19,21)(H,22,23). The summed E-state index contributed by atoms with van der Waals surface area (Å²) in [6.45, 7) is 4.09. The topological polar surface area (TPSA) is 98.7 Å². The number of nitrogens with one attached hydrogen (secondary N) is 2. The molecule has 24 heavy (non-hydrogen) atoms. The van der Waals surface area contributed by atoms with E-state index < -0.39 is 11.9 Å². The highest BCUT2D eigenvalue weighted by atomic mass is 16.4. The van der Waals surface area contributed by atoms with Crippen LogP contribution in [0.1, 0.15) is 38.3 Å². The van der Waals surface area contributed by atoms with Crippen LogP contribution in [0.5, 0.6) is 0 Å². The molecule has 1 saturated heterocycles. The van der Waals surface area contributed by atoms with E-state index in [0.29, 0.717) is 25.1 Å². The van der Waals surface area contributed by atoms with Crippen LogP contribution in [0.4, 0.5) is 10.5 Å². The van der Waals surface area contributed by atoms with Gasteiger partial charge in [0.1, 0.15) is 0 Å². The van der Waals surface area contributed by atoms with Crippen LogP contribution in [-0.4, -0.2) is 41.0 Å². The first-order valence-corrected chi connectivity index (χ1v) is 8.02. The summed E-state index contributed by atoms with van der Waals surface area (Å²) < 4.78 is 0. The molecular formula is C17H23N3O4. The third-order valence-electron chi connectivity index (χ3n) is 4.10. The number of urea groups is 1. The van der Waals surface area contributed by atoms with E-state index in [0.717, 1.165) is 5.56 Å². The average molecular weight is 333 g/mol. The number of anilines is 1. The molecule has 0 aromatic heterocycles. The van der Waals surface area contributed by atoms with Gasteiger partial charge in [-0.3, -0.25) is 9.59 Å². The van der Waals surface area contributed by atoms with Crippen molar-refractivity contribution in [2.45, 2.75) is 32.7 Å². The zero-order valence-electron chi connectivity index (χ0n) is 13.9. The Morgan fingerprint density at radius 1 is 1.33 bits per heavy atom. The van der Waals surface area contributed by atoms with E-state index in [2.05, 4.69) is 10.6 Å². The van der Waals surface area contributed by atoms with Gasteiger partial charge in [0.25, 0.3) is 0 Å². The summed E-state index contributed by atoms with van der Waals surface area (Å²) in [4.78, 5) is 36.1. The molecule has 130 valence electrons. The number of benzene rings is 1. The number of carbonyl (C=O) groups is 3. The van der Waals surface area contributed by atoms with E-state index in [9.17, 15) is 14.4 Å². The highest BCUT2D eigenvalue weighted by Crippen LogP contribution is 2.20. The van der Waals surface area contributed by atoms with Crippen LogP contribution in [0.15, 0.2) is 24.3 Å². The lowest BCUT2D eigenvalue weighted by Gasteiger charge is -2.31. The second-order valence-electron chi connectivity index (χ2n) is 6.10. The Kier molecular flexibility index (Phi) is 5.78. The number of nitrogens with zero attached hydrogens (tertiary/aromatic N) is 1. The number of piperidine rings is 1. The molecule has 1 aliphatic rings. The number of aliphatic carboxylic acids is 1. The molecule has 2 atom stereocenters. The van der Waals surface area contributed by atoms with Gasteiger partial charge in [-0.1, -0.05) is 12.1 Å². The number of likely N-dealkylation sites (tertiary alicyclic amines) is 1. The molecule has 0 spiro atoms. The Labute approximate surface area is 141 Å². The van der Waals surface area contributed by atoms with Gasteiger partial charge in [-0.2, -0.15) is 0 Å². The molecule has 0 saturated carbocycles. The molecule has 0 aliphatic carbocycles. The molecule has 7 nitrogen and oxygen atoms in total. The first-order chi connectivity index (χ1) is 11.4. The fourth-order valence-corrected chi connectivity index (χ4v) is 2.81. The molecule has 1 aliphatic heterocycles. The summed E-state index contributed by atoms with van der Waals surface area (Å²) in [5, 5.41) is 14.7. The van der Waals surface area contributed by atoms with Crippen molar-refractivity contribution >= 4 is 23.6 Å². The van der Waals surface area contributed by atoms with E-state index >= 15 is 0 Å². The predicted octanol–water partition coefficient (Wildman–Crippen LogP) is 2.21. The maximum atomic E-state index is 12.4. The van der Waals surface area contributed by atoms with Crippen molar-refractivity contribution in [3.8, 4) is 0 Å². The van der Waals surface area contributed by atoms with Gasteiger partial charge in [0, 0.05) is 25.7 Å². The fourth-order valence-electron chi connectivity index (χ4n) is 2.81. The van der Waals surface area contributed by atoms with Gasteiger partial charge in [0.2, 0.25) is 5.91 Å². The van der Waals surface area contributed by atoms with Gasteiger partial charge in [0.05, 0.1) is 12.0 Å². The summed E-state index contributed by atoms with van der Waals surface area (Å²) in [5.74, 6) is -1.51. The Morgan fingerprint density at radius 3 is 2.75 bits per heavy atom. The minimum Gasteiger partial charge on any atom is -0.481 e. The number of rotatable bonds is 4. The van der Waals surface area contributed by atoms with E-state index in [1.807, 2.05) is 25.1 Å². The number of amides is 3. The van der Waals surface area contributed by atoms with Crippen molar-refractivity contribution in [1.29, 1.82) is 0 Å². The Bertz CT molecular complexity index is 632. The first-order valence-electron chi connectivity index (χ1n) is 8.02. The van der Waals surface area contributed by atoms with Crippen molar-refractivity contribution in [3.05, 3.63) is 29.8 Å². The van der Waals surface area contributed by atoms with Gasteiger partial charge in [-0.05, 0) is 37.5 Å². The second kappa shape index (κ2) is 7.81. The van der Waals surface area contributed by atoms with E-state index in [1.54, 1.807) is 11.0 Å². The number of hydrogen-bond donors (Lipinski definition) is 3. The lowest BCUT2D eigenvalue weighted by molar-refractivity contribution is -0.143. The van der Waals surface area contributed by atoms with Gasteiger partial charge in [-0.25, -0.2) is 4.79 Å². The Hall–Kier alpha value is -2.57. The van der Waals surface area contributed by atoms with Crippen molar-refractivity contribution in [3.63, 3.8) is 0 Å². The van der Waals surface area contributed by atoms with Crippen LogP contribution < -0.4 is 10.6 Å². The molecule has 7 heteroatoms. The zero-order valence-corrected chi connectivity index (χ0v) is 13.9. The smallest absolute Gasteiger partial charge is 0.317 e. The first kappa shape index (κ1) is 17.8. The molecule has 1 fully saturated rings. The summed E-state index contributed by atoms with van der Waals surface area (Å²) in [7, 11) is 0. The lowest BCUT2D eigenvalue weighted by atomic mass is 9.98. The summed E-state index contributed by atoms with van der Waals surface area (Å²) >= 11 is 0. The normalized spacial score (nSPS) is 18.6. The molecule has 0 bridgehead atoms. The summed E-state index contributed by atoms with van der Waals surface area (Å²) in [6, 6.07) is 6.75. The quantitative estimate of drug-likeness (QED) is 0.786. The van der Waals surface area contributed by atoms with E-state index in [4.69, 9.17) is 5.11 Å². The maximum absolute atomic E-state index is 12.4. The van der Waals surface area contributed by atoms with Crippen LogP contribution in [0.3, 0.4) is 0 Å². The minimum absolute atomic E-state index is 0.156. The van der Waals surface area contributed by atoms with Crippen LogP contribution in [0.25, 0.3) is 0 Å². The van der Waals surface area contributed by atoms with Gasteiger partial charge in [0.15, 0.2) is 0 Å². The largest absolute Gasteiger partial charge is 0.481 e. The van der Waals surface area contributed by atoms with Crippen molar-refractivity contribution in [1.82, 2.24) is 10.2 Å². The number of carboxylic acids is 1. The molecule has 1 aromatic rings.